The van der Waals surface area contributed by atoms with Gasteiger partial charge in [0.2, 0.25) is 11.9 Å². The van der Waals surface area contributed by atoms with Crippen LogP contribution < -0.4 is 15.4 Å². The Hall–Kier alpha value is -4.62. The van der Waals surface area contributed by atoms with Crippen LogP contribution in [0.1, 0.15) is 63.0 Å². The largest absolute Gasteiger partial charge is 0.506 e. The molecule has 0 bridgehead atoms. The highest BCUT2D eigenvalue weighted by Crippen LogP contribution is 2.34. The molecule has 5 rings (SSSR count). The Morgan fingerprint density at radius 1 is 1.05 bits per heavy atom. The van der Waals surface area contributed by atoms with Gasteiger partial charge in [0.15, 0.2) is 11.3 Å². The molecule has 4 aromatic rings. The molecular weight excluding hydrogens is 543 g/mol. The van der Waals surface area contributed by atoms with Crippen molar-refractivity contribution in [2.75, 3.05) is 10.6 Å². The van der Waals surface area contributed by atoms with Gasteiger partial charge in [0, 0.05) is 25.2 Å². The van der Waals surface area contributed by atoms with Crippen LogP contribution in [0.2, 0.25) is 0 Å². The van der Waals surface area contributed by atoms with Gasteiger partial charge >= 0.3 is 6.18 Å². The average molecular weight is 576 g/mol. The maximum absolute atomic E-state index is 13.2. The zero-order chi connectivity index (χ0) is 30.3. The molecule has 0 aliphatic heterocycles. The van der Waals surface area contributed by atoms with Gasteiger partial charge in [-0.2, -0.15) is 23.3 Å². The zero-order valence-corrected chi connectivity index (χ0v) is 23.3. The van der Waals surface area contributed by atoms with Gasteiger partial charge < -0.3 is 15.2 Å². The number of hydrogen-bond acceptors (Lipinski definition) is 7. The summed E-state index contributed by atoms with van der Waals surface area (Å²) in [4.78, 5) is 28.7. The summed E-state index contributed by atoms with van der Waals surface area (Å²) in [6, 6.07) is 7.08. The number of aromatic hydroxyl groups is 1. The van der Waals surface area contributed by atoms with Gasteiger partial charge in [-0.05, 0) is 37.1 Å². The van der Waals surface area contributed by atoms with E-state index in [2.05, 4.69) is 39.7 Å². The molecule has 11 nitrogen and oxygen atoms in total. The van der Waals surface area contributed by atoms with Crippen molar-refractivity contribution in [2.24, 2.45) is 13.0 Å². The van der Waals surface area contributed by atoms with Gasteiger partial charge in [-0.1, -0.05) is 34.1 Å². The van der Waals surface area contributed by atoms with E-state index in [1.165, 1.54) is 42.4 Å². The third kappa shape index (κ3) is 7.96. The van der Waals surface area contributed by atoms with Crippen LogP contribution >= 0.6 is 0 Å². The number of ether oxygens (including phenoxy) is 1. The lowest BCUT2D eigenvalue weighted by Gasteiger charge is -2.11. The molecule has 41 heavy (non-hydrogen) atoms. The highest BCUT2D eigenvalue weighted by molar-refractivity contribution is 6.05. The van der Waals surface area contributed by atoms with Crippen LogP contribution in [-0.4, -0.2) is 41.3 Å². The minimum atomic E-state index is -4.83. The number of aryl methyl sites for hydroxylation is 1. The van der Waals surface area contributed by atoms with Gasteiger partial charge in [-0.15, -0.1) is 5.10 Å². The predicted molar refractivity (Wildman–Crippen MR) is 146 cm³/mol. The summed E-state index contributed by atoms with van der Waals surface area (Å²) in [5, 5.41) is 22.5. The van der Waals surface area contributed by atoms with Gasteiger partial charge in [0.25, 0.3) is 5.91 Å². The van der Waals surface area contributed by atoms with Crippen LogP contribution in [0.3, 0.4) is 0 Å². The van der Waals surface area contributed by atoms with E-state index in [-0.39, 0.29) is 35.0 Å². The number of fused-ring (bicyclic) bond motifs is 1. The summed E-state index contributed by atoms with van der Waals surface area (Å²) in [6.45, 7) is 8.25. The molecule has 1 saturated carbocycles. The normalized spacial score (nSPS) is 12.5. The lowest BCUT2D eigenvalue weighted by atomic mass is 10.2. The summed E-state index contributed by atoms with van der Waals surface area (Å²) < 4.78 is 47.6. The first kappa shape index (κ1) is 30.9. The van der Waals surface area contributed by atoms with Crippen LogP contribution in [0.25, 0.3) is 5.65 Å². The number of alkyl halides is 3. The third-order valence-corrected chi connectivity index (χ3v) is 5.28. The van der Waals surface area contributed by atoms with E-state index < -0.39 is 23.3 Å². The molecule has 220 valence electrons. The van der Waals surface area contributed by atoms with E-state index >= 15 is 0 Å². The maximum Gasteiger partial charge on any atom is 0.435 e. The van der Waals surface area contributed by atoms with Crippen LogP contribution in [0, 0.1) is 5.92 Å². The molecule has 0 atom stereocenters. The van der Waals surface area contributed by atoms with Crippen molar-refractivity contribution in [1.82, 2.24) is 24.4 Å². The van der Waals surface area contributed by atoms with Crippen molar-refractivity contribution in [3.63, 3.8) is 0 Å². The Morgan fingerprint density at radius 3 is 2.34 bits per heavy atom. The smallest absolute Gasteiger partial charge is 0.435 e. The molecule has 0 saturated heterocycles. The fourth-order valence-corrected chi connectivity index (χ4v) is 3.40. The van der Waals surface area contributed by atoms with Gasteiger partial charge in [0.1, 0.15) is 17.2 Å². The van der Waals surface area contributed by atoms with E-state index in [4.69, 9.17) is 4.74 Å². The third-order valence-electron chi connectivity index (χ3n) is 5.28. The number of aromatic nitrogens is 5. The molecule has 0 spiro atoms. The Morgan fingerprint density at radius 2 is 1.71 bits per heavy atom. The fourth-order valence-electron chi connectivity index (χ4n) is 3.40. The predicted octanol–water partition coefficient (Wildman–Crippen LogP) is 6.02. The first-order valence-corrected chi connectivity index (χ1v) is 13.1. The molecule has 3 heterocycles. The number of phenols is 1. The maximum atomic E-state index is 13.2. The quantitative estimate of drug-likeness (QED) is 0.239. The lowest BCUT2D eigenvalue weighted by Crippen LogP contribution is -2.17. The number of phenolic OH excluding ortho intramolecular Hbond substituents is 1. The van der Waals surface area contributed by atoms with Crippen LogP contribution in [0.15, 0.2) is 42.7 Å². The van der Waals surface area contributed by atoms with Gasteiger partial charge in [-0.25, -0.2) is 4.52 Å². The van der Waals surface area contributed by atoms with E-state index in [0.717, 1.165) is 23.7 Å². The molecule has 1 aliphatic rings. The summed E-state index contributed by atoms with van der Waals surface area (Å²) in [5.41, 5.74) is -1.74. The number of anilines is 2. The molecule has 1 aliphatic carbocycles. The van der Waals surface area contributed by atoms with Crippen molar-refractivity contribution in [1.29, 1.82) is 0 Å². The van der Waals surface area contributed by atoms with E-state index in [1.54, 1.807) is 12.1 Å². The van der Waals surface area contributed by atoms with Crippen molar-refractivity contribution >= 4 is 29.1 Å². The van der Waals surface area contributed by atoms with Crippen molar-refractivity contribution in [3.05, 3.63) is 54.0 Å². The molecule has 14 heteroatoms. The highest BCUT2D eigenvalue weighted by Gasteiger charge is 2.39. The zero-order valence-electron chi connectivity index (χ0n) is 23.3. The molecule has 1 fully saturated rings. The number of nitrogens with zero attached hydrogens (tertiary/aromatic N) is 5. The van der Waals surface area contributed by atoms with Crippen molar-refractivity contribution < 1.29 is 32.6 Å². The second-order valence-electron chi connectivity index (χ2n) is 8.87. The minimum absolute atomic E-state index is 0.00195. The standard InChI is InChI=1S/C22H18F3N7O4.C3H8.C2H6/c1-31-10-14(18(29-31)22(23,24)25)20(35)26-15-8-12(4-6-16(15)33)36-13-5-7-17-27-21(30-32(17)9-13)28-19(34)11-2-3-11;1-3-2;1-2/h4-11,33H,2-3H2,1H3,(H,26,35)(H,28,30,34);3H2,1-2H3;1-2H3. The average Bonchev–Trinajstić information content (AvgIpc) is 3.58. The van der Waals surface area contributed by atoms with E-state index in [1.807, 2.05) is 13.8 Å². The second-order valence-corrected chi connectivity index (χ2v) is 8.87. The Labute approximate surface area is 234 Å². The Balaban J connectivity index is 0.000000868. The number of carbonyl (C=O) groups is 2. The summed E-state index contributed by atoms with van der Waals surface area (Å²) >= 11 is 0. The topological polar surface area (TPSA) is 136 Å². The number of pyridine rings is 1. The highest BCUT2D eigenvalue weighted by atomic mass is 19.4. The van der Waals surface area contributed by atoms with Crippen molar-refractivity contribution in [2.45, 2.75) is 53.1 Å². The number of benzene rings is 1. The summed E-state index contributed by atoms with van der Waals surface area (Å²) in [7, 11) is 1.26. The molecular formula is C27H32F3N7O4. The Bertz CT molecular complexity index is 1510. The SMILES string of the molecule is CC.CCC.Cn1cc(C(=O)Nc2cc(Oc3ccc4nc(NC(=O)C5CC5)nn4c3)ccc2O)c(C(F)(F)F)n1. The first-order chi connectivity index (χ1) is 19.5. The molecule has 0 unspecified atom stereocenters. The monoisotopic (exact) mass is 575 g/mol. The fraction of sp³-hybridized carbons (Fsp3) is 0.370. The van der Waals surface area contributed by atoms with Crippen LogP contribution in [-0.2, 0) is 18.0 Å². The number of halogens is 3. The Kier molecular flexibility index (Phi) is 9.92. The number of hydrogen-bond donors (Lipinski definition) is 3. The lowest BCUT2D eigenvalue weighted by molar-refractivity contribution is -0.141. The number of rotatable bonds is 6. The molecule has 3 aromatic heterocycles. The van der Waals surface area contributed by atoms with Crippen LogP contribution in [0.5, 0.6) is 17.2 Å². The molecule has 3 N–H and O–H groups in total. The number of carbonyl (C=O) groups excluding carboxylic acids is 2. The van der Waals surface area contributed by atoms with Gasteiger partial charge in [-0.3, -0.25) is 19.6 Å². The second kappa shape index (κ2) is 13.2. The summed E-state index contributed by atoms with van der Waals surface area (Å²) in [6.07, 6.45) is 0.549. The first-order valence-electron chi connectivity index (χ1n) is 13.1. The van der Waals surface area contributed by atoms with E-state index in [9.17, 15) is 27.9 Å². The van der Waals surface area contributed by atoms with E-state index in [0.29, 0.717) is 11.4 Å². The molecule has 0 radical (unpaired) electrons. The number of nitrogens with one attached hydrogen (secondary N) is 2. The number of amides is 2. The molecule has 1 aromatic carbocycles. The molecule has 2 amide bonds. The van der Waals surface area contributed by atoms with Crippen molar-refractivity contribution in [3.8, 4) is 17.2 Å². The minimum Gasteiger partial charge on any atom is -0.506 e. The van der Waals surface area contributed by atoms with Crippen LogP contribution in [0.4, 0.5) is 24.8 Å². The van der Waals surface area contributed by atoms with Gasteiger partial charge in [0.05, 0.1) is 17.4 Å². The summed E-state index contributed by atoms with van der Waals surface area (Å²) in [5.74, 6) is -0.974.